The highest BCUT2D eigenvalue weighted by Crippen LogP contribution is 2.32. The molecular formula is C18H20ClNO2. The third-order valence-corrected chi connectivity index (χ3v) is 4.07. The average molecular weight is 318 g/mol. The summed E-state index contributed by atoms with van der Waals surface area (Å²) in [5.41, 5.74) is 2.21. The minimum Gasteiger partial charge on any atom is -0.481 e. The minimum absolute atomic E-state index is 0.0345. The van der Waals surface area contributed by atoms with Crippen LogP contribution in [-0.2, 0) is 4.74 Å². The first-order valence-corrected chi connectivity index (χ1v) is 7.92. The predicted molar refractivity (Wildman–Crippen MR) is 88.6 cm³/mol. The Morgan fingerprint density at radius 1 is 1.23 bits per heavy atom. The predicted octanol–water partition coefficient (Wildman–Crippen LogP) is 3.76. The maximum atomic E-state index is 6.29. The van der Waals surface area contributed by atoms with Crippen molar-refractivity contribution in [2.75, 3.05) is 19.7 Å². The Morgan fingerprint density at radius 3 is 2.77 bits per heavy atom. The molecule has 1 aliphatic heterocycles. The van der Waals surface area contributed by atoms with Gasteiger partial charge in [-0.2, -0.15) is 0 Å². The highest BCUT2D eigenvalue weighted by Gasteiger charge is 2.28. The van der Waals surface area contributed by atoms with Crippen molar-refractivity contribution in [2.24, 2.45) is 0 Å². The molecule has 0 saturated carbocycles. The summed E-state index contributed by atoms with van der Waals surface area (Å²) in [7, 11) is 0. The molecule has 0 amide bonds. The standard InChI is InChI=1S/C18H20ClNO2/c1-13-7-8-15(19)16(11-13)22-18(14-5-3-2-4-6-14)17-12-20-9-10-21-17/h2-8,11,17-18,20H,9-10,12H2,1H3. The molecule has 2 aromatic carbocycles. The lowest BCUT2D eigenvalue weighted by molar-refractivity contribution is -0.0432. The molecule has 1 fully saturated rings. The SMILES string of the molecule is Cc1ccc(Cl)c(OC(c2ccccc2)C2CNCCO2)c1. The van der Waals surface area contributed by atoms with E-state index in [1.165, 1.54) is 0 Å². The van der Waals surface area contributed by atoms with Gasteiger partial charge >= 0.3 is 0 Å². The molecule has 116 valence electrons. The molecule has 0 radical (unpaired) electrons. The van der Waals surface area contributed by atoms with Crippen molar-refractivity contribution in [1.29, 1.82) is 0 Å². The van der Waals surface area contributed by atoms with E-state index in [4.69, 9.17) is 21.1 Å². The van der Waals surface area contributed by atoms with Crippen molar-refractivity contribution in [1.82, 2.24) is 5.32 Å². The monoisotopic (exact) mass is 317 g/mol. The van der Waals surface area contributed by atoms with E-state index in [2.05, 4.69) is 17.4 Å². The molecule has 3 rings (SSSR count). The number of aryl methyl sites for hydroxylation is 1. The van der Waals surface area contributed by atoms with Crippen LogP contribution in [0.15, 0.2) is 48.5 Å². The van der Waals surface area contributed by atoms with Crippen LogP contribution in [-0.4, -0.2) is 25.8 Å². The third-order valence-electron chi connectivity index (χ3n) is 3.76. The van der Waals surface area contributed by atoms with Crippen molar-refractivity contribution in [3.05, 3.63) is 64.7 Å². The summed E-state index contributed by atoms with van der Waals surface area (Å²) in [5.74, 6) is 0.699. The molecule has 0 spiro atoms. The van der Waals surface area contributed by atoms with E-state index >= 15 is 0 Å². The van der Waals surface area contributed by atoms with E-state index in [9.17, 15) is 0 Å². The minimum atomic E-state index is -0.187. The van der Waals surface area contributed by atoms with E-state index < -0.39 is 0 Å². The number of benzene rings is 2. The van der Waals surface area contributed by atoms with E-state index in [1.54, 1.807) is 0 Å². The molecule has 2 aromatic rings. The maximum Gasteiger partial charge on any atom is 0.151 e. The fourth-order valence-corrected chi connectivity index (χ4v) is 2.78. The first kappa shape index (κ1) is 15.3. The lowest BCUT2D eigenvalue weighted by atomic mass is 10.0. The number of ether oxygens (including phenoxy) is 2. The van der Waals surface area contributed by atoms with Gasteiger partial charge in [-0.1, -0.05) is 48.0 Å². The Balaban J connectivity index is 1.89. The third kappa shape index (κ3) is 3.61. The van der Waals surface area contributed by atoms with Crippen molar-refractivity contribution in [3.8, 4) is 5.75 Å². The summed E-state index contributed by atoms with van der Waals surface area (Å²) >= 11 is 6.29. The normalized spacial score (nSPS) is 19.6. The van der Waals surface area contributed by atoms with E-state index in [0.717, 1.165) is 24.2 Å². The fraction of sp³-hybridized carbons (Fsp3) is 0.333. The van der Waals surface area contributed by atoms with E-state index in [0.29, 0.717) is 17.4 Å². The van der Waals surface area contributed by atoms with Crippen LogP contribution in [0, 0.1) is 6.92 Å². The van der Waals surface area contributed by atoms with Crippen LogP contribution >= 0.6 is 11.6 Å². The quantitative estimate of drug-likeness (QED) is 0.931. The summed E-state index contributed by atoms with van der Waals surface area (Å²) in [4.78, 5) is 0. The van der Waals surface area contributed by atoms with Gasteiger partial charge in [-0.15, -0.1) is 0 Å². The van der Waals surface area contributed by atoms with Crippen molar-refractivity contribution in [3.63, 3.8) is 0 Å². The Hall–Kier alpha value is -1.55. The first-order valence-electron chi connectivity index (χ1n) is 7.54. The summed E-state index contributed by atoms with van der Waals surface area (Å²) in [6.45, 7) is 4.37. The Labute approximate surface area is 136 Å². The molecule has 1 aliphatic rings. The molecule has 1 N–H and O–H groups in total. The second kappa shape index (κ2) is 7.14. The van der Waals surface area contributed by atoms with Crippen molar-refractivity contribution >= 4 is 11.6 Å². The second-order valence-electron chi connectivity index (χ2n) is 5.50. The summed E-state index contributed by atoms with van der Waals surface area (Å²) in [6.07, 6.45) is -0.221. The number of hydrogen-bond donors (Lipinski definition) is 1. The van der Waals surface area contributed by atoms with Crippen LogP contribution in [0.3, 0.4) is 0 Å². The second-order valence-corrected chi connectivity index (χ2v) is 5.90. The summed E-state index contributed by atoms with van der Waals surface area (Å²) in [5, 5.41) is 3.98. The number of morpholine rings is 1. The number of halogens is 1. The van der Waals surface area contributed by atoms with Gasteiger partial charge < -0.3 is 14.8 Å². The summed E-state index contributed by atoms with van der Waals surface area (Å²) < 4.78 is 12.2. The number of hydrogen-bond acceptors (Lipinski definition) is 3. The highest BCUT2D eigenvalue weighted by atomic mass is 35.5. The maximum absolute atomic E-state index is 6.29. The van der Waals surface area contributed by atoms with Gasteiger partial charge in [0.25, 0.3) is 0 Å². The molecule has 4 heteroatoms. The zero-order chi connectivity index (χ0) is 15.4. The van der Waals surface area contributed by atoms with Crippen LogP contribution in [0.4, 0.5) is 0 Å². The van der Waals surface area contributed by atoms with Gasteiger partial charge in [0.05, 0.1) is 11.6 Å². The Morgan fingerprint density at radius 2 is 2.05 bits per heavy atom. The fourth-order valence-electron chi connectivity index (χ4n) is 2.62. The van der Waals surface area contributed by atoms with Crippen molar-refractivity contribution in [2.45, 2.75) is 19.1 Å². The lowest BCUT2D eigenvalue weighted by Gasteiger charge is -2.32. The molecule has 0 aromatic heterocycles. The van der Waals surface area contributed by atoms with Gasteiger partial charge in [-0.05, 0) is 30.2 Å². The Kier molecular flexibility index (Phi) is 4.98. The zero-order valence-corrected chi connectivity index (χ0v) is 13.3. The molecule has 1 heterocycles. The lowest BCUT2D eigenvalue weighted by Crippen LogP contribution is -2.43. The first-order chi connectivity index (χ1) is 10.7. The molecule has 0 bridgehead atoms. The van der Waals surface area contributed by atoms with E-state index in [-0.39, 0.29) is 12.2 Å². The number of rotatable bonds is 4. The molecule has 0 aliphatic carbocycles. The van der Waals surface area contributed by atoms with Crippen LogP contribution in [0.5, 0.6) is 5.75 Å². The topological polar surface area (TPSA) is 30.5 Å². The summed E-state index contributed by atoms with van der Waals surface area (Å²) in [6, 6.07) is 16.0. The zero-order valence-electron chi connectivity index (χ0n) is 12.6. The molecule has 2 unspecified atom stereocenters. The van der Waals surface area contributed by atoms with Gasteiger partial charge in [0, 0.05) is 13.1 Å². The van der Waals surface area contributed by atoms with Crippen LogP contribution in [0.2, 0.25) is 5.02 Å². The van der Waals surface area contributed by atoms with Gasteiger partial charge in [-0.25, -0.2) is 0 Å². The van der Waals surface area contributed by atoms with Gasteiger partial charge in [0.15, 0.2) is 6.10 Å². The van der Waals surface area contributed by atoms with Crippen LogP contribution in [0.1, 0.15) is 17.2 Å². The molecule has 2 atom stereocenters. The van der Waals surface area contributed by atoms with Crippen molar-refractivity contribution < 1.29 is 9.47 Å². The van der Waals surface area contributed by atoms with Gasteiger partial charge in [0.1, 0.15) is 11.9 Å². The van der Waals surface area contributed by atoms with Crippen LogP contribution in [0.25, 0.3) is 0 Å². The van der Waals surface area contributed by atoms with E-state index in [1.807, 2.05) is 43.3 Å². The molecule has 3 nitrogen and oxygen atoms in total. The number of nitrogens with one attached hydrogen (secondary N) is 1. The largest absolute Gasteiger partial charge is 0.481 e. The molecule has 22 heavy (non-hydrogen) atoms. The van der Waals surface area contributed by atoms with Gasteiger partial charge in [-0.3, -0.25) is 0 Å². The smallest absolute Gasteiger partial charge is 0.151 e. The molecule has 1 saturated heterocycles. The highest BCUT2D eigenvalue weighted by molar-refractivity contribution is 6.32. The Bertz CT molecular complexity index is 612. The van der Waals surface area contributed by atoms with Crippen LogP contribution < -0.4 is 10.1 Å². The van der Waals surface area contributed by atoms with Gasteiger partial charge in [0.2, 0.25) is 0 Å². The molecular weight excluding hydrogens is 298 g/mol. The average Bonchev–Trinajstić information content (AvgIpc) is 2.57.